The zero-order valence-corrected chi connectivity index (χ0v) is 5.09. The van der Waals surface area contributed by atoms with Gasteiger partial charge in [-0.15, -0.1) is 0 Å². The van der Waals surface area contributed by atoms with Crippen molar-refractivity contribution in [2.24, 2.45) is 0 Å². The minimum absolute atomic E-state index is 0.176. The molecule has 0 aliphatic rings. The van der Waals surface area contributed by atoms with Gasteiger partial charge in [-0.1, -0.05) is 13.8 Å². The van der Waals surface area contributed by atoms with E-state index >= 15 is 0 Å². The molecule has 1 N–H and O–H groups in total. The molecule has 0 bridgehead atoms. The van der Waals surface area contributed by atoms with Gasteiger partial charge in [-0.05, 0) is 0 Å². The van der Waals surface area contributed by atoms with Crippen molar-refractivity contribution in [2.75, 3.05) is 0 Å². The molecule has 0 aliphatic carbocycles. The number of aromatic hydroxyl groups is 1. The molecule has 0 unspecified atom stereocenters. The molecule has 2 heteroatoms. The summed E-state index contributed by atoms with van der Waals surface area (Å²) in [6.45, 7) is 4.00. The average Bonchev–Trinajstić information content (AvgIpc) is 2.24. The van der Waals surface area contributed by atoms with Crippen LogP contribution in [0.25, 0.3) is 0 Å². The second-order valence-corrected chi connectivity index (χ2v) is 0.982. The Kier molecular flexibility index (Phi) is 3.76. The molecule has 0 aliphatic heterocycles. The first-order valence-electron chi connectivity index (χ1n) is 2.61. The highest BCUT2D eigenvalue weighted by Gasteiger charge is 1.79. The normalized spacial score (nSPS) is 7.25. The molecule has 1 aromatic heterocycles. The standard InChI is InChI=1S/C4H4O2.C2H6/c5-4-1-2-6-3-4;1-2/h1-3,5H;1-2H3. The fourth-order valence-corrected chi connectivity index (χ4v) is 0.257. The maximum atomic E-state index is 8.38. The van der Waals surface area contributed by atoms with Crippen molar-refractivity contribution in [1.82, 2.24) is 0 Å². The molecule has 0 saturated carbocycles. The van der Waals surface area contributed by atoms with Crippen molar-refractivity contribution in [3.05, 3.63) is 18.6 Å². The van der Waals surface area contributed by atoms with Crippen molar-refractivity contribution >= 4 is 0 Å². The van der Waals surface area contributed by atoms with Crippen LogP contribution in [0.1, 0.15) is 13.8 Å². The summed E-state index contributed by atoms with van der Waals surface area (Å²) < 4.78 is 4.46. The van der Waals surface area contributed by atoms with E-state index in [1.807, 2.05) is 13.8 Å². The molecule has 1 rings (SSSR count). The Balaban J connectivity index is 0.000000222. The minimum atomic E-state index is 0.176. The second-order valence-electron chi connectivity index (χ2n) is 0.982. The van der Waals surface area contributed by atoms with Crippen LogP contribution >= 0.6 is 0 Å². The Morgan fingerprint density at radius 3 is 2.25 bits per heavy atom. The van der Waals surface area contributed by atoms with Crippen LogP contribution in [-0.4, -0.2) is 5.11 Å². The van der Waals surface area contributed by atoms with Crippen LogP contribution in [0.4, 0.5) is 0 Å². The second kappa shape index (κ2) is 4.24. The van der Waals surface area contributed by atoms with Crippen molar-refractivity contribution < 1.29 is 9.52 Å². The highest BCUT2D eigenvalue weighted by atomic mass is 16.3. The Labute approximate surface area is 48.8 Å². The molecule has 0 atom stereocenters. The third-order valence-electron chi connectivity index (χ3n) is 0.506. The summed E-state index contributed by atoms with van der Waals surface area (Å²) in [5.74, 6) is 0.176. The van der Waals surface area contributed by atoms with E-state index in [1.54, 1.807) is 0 Å². The maximum Gasteiger partial charge on any atom is 0.153 e. The molecule has 8 heavy (non-hydrogen) atoms. The van der Waals surface area contributed by atoms with Gasteiger partial charge in [0.15, 0.2) is 5.75 Å². The molecule has 0 spiro atoms. The summed E-state index contributed by atoms with van der Waals surface area (Å²) in [5.41, 5.74) is 0. The summed E-state index contributed by atoms with van der Waals surface area (Å²) in [6.07, 6.45) is 2.68. The Morgan fingerprint density at radius 2 is 2.12 bits per heavy atom. The van der Waals surface area contributed by atoms with Gasteiger partial charge >= 0.3 is 0 Å². The first-order chi connectivity index (χ1) is 3.89. The summed E-state index contributed by atoms with van der Waals surface area (Å²) in [6, 6.07) is 1.47. The van der Waals surface area contributed by atoms with Gasteiger partial charge in [-0.3, -0.25) is 0 Å². The Hall–Kier alpha value is -0.920. The van der Waals surface area contributed by atoms with Crippen LogP contribution in [0.3, 0.4) is 0 Å². The molecule has 0 fully saturated rings. The monoisotopic (exact) mass is 114 g/mol. The lowest BCUT2D eigenvalue weighted by Crippen LogP contribution is -1.40. The summed E-state index contributed by atoms with van der Waals surface area (Å²) in [7, 11) is 0. The Morgan fingerprint density at radius 1 is 1.50 bits per heavy atom. The van der Waals surface area contributed by atoms with Gasteiger partial charge in [0.05, 0.1) is 6.26 Å². The van der Waals surface area contributed by atoms with Gasteiger partial charge < -0.3 is 9.52 Å². The molecule has 0 saturated heterocycles. The molecule has 2 nitrogen and oxygen atoms in total. The van der Waals surface area contributed by atoms with E-state index in [-0.39, 0.29) is 5.75 Å². The number of hydrogen-bond acceptors (Lipinski definition) is 2. The predicted octanol–water partition coefficient (Wildman–Crippen LogP) is 2.01. The fourth-order valence-electron chi connectivity index (χ4n) is 0.257. The molecular weight excluding hydrogens is 104 g/mol. The molecule has 0 radical (unpaired) electrons. The van der Waals surface area contributed by atoms with Crippen LogP contribution in [0.15, 0.2) is 23.0 Å². The third-order valence-corrected chi connectivity index (χ3v) is 0.506. The fraction of sp³-hybridized carbons (Fsp3) is 0.333. The van der Waals surface area contributed by atoms with E-state index in [1.165, 1.54) is 18.6 Å². The number of rotatable bonds is 0. The lowest BCUT2D eigenvalue weighted by atomic mass is 10.6. The average molecular weight is 114 g/mol. The summed E-state index contributed by atoms with van der Waals surface area (Å²) in [4.78, 5) is 0. The van der Waals surface area contributed by atoms with E-state index in [9.17, 15) is 0 Å². The SMILES string of the molecule is CC.Oc1ccoc1. The van der Waals surface area contributed by atoms with E-state index in [2.05, 4.69) is 4.42 Å². The molecular formula is C6H10O2. The van der Waals surface area contributed by atoms with Crippen LogP contribution in [0.2, 0.25) is 0 Å². The van der Waals surface area contributed by atoms with E-state index in [4.69, 9.17) is 5.11 Å². The molecule has 0 aromatic carbocycles. The number of furan rings is 1. The van der Waals surface area contributed by atoms with E-state index in [0.717, 1.165) is 0 Å². The minimum Gasteiger partial charge on any atom is -0.505 e. The van der Waals surface area contributed by atoms with Crippen molar-refractivity contribution in [1.29, 1.82) is 0 Å². The molecule has 1 heterocycles. The highest BCUT2D eigenvalue weighted by Crippen LogP contribution is 2.04. The van der Waals surface area contributed by atoms with Crippen LogP contribution in [0.5, 0.6) is 5.75 Å². The van der Waals surface area contributed by atoms with Crippen LogP contribution in [-0.2, 0) is 0 Å². The largest absolute Gasteiger partial charge is 0.505 e. The van der Waals surface area contributed by atoms with Gasteiger partial charge in [0.2, 0.25) is 0 Å². The maximum absolute atomic E-state index is 8.38. The highest BCUT2D eigenvalue weighted by molar-refractivity contribution is 5.09. The van der Waals surface area contributed by atoms with E-state index in [0.29, 0.717) is 0 Å². The zero-order valence-electron chi connectivity index (χ0n) is 5.09. The lowest BCUT2D eigenvalue weighted by Gasteiger charge is -1.66. The summed E-state index contributed by atoms with van der Waals surface area (Å²) in [5, 5.41) is 8.38. The van der Waals surface area contributed by atoms with Crippen molar-refractivity contribution in [3.8, 4) is 5.75 Å². The lowest BCUT2D eigenvalue weighted by molar-refractivity contribution is 0.458. The topological polar surface area (TPSA) is 33.4 Å². The van der Waals surface area contributed by atoms with Crippen LogP contribution < -0.4 is 0 Å². The van der Waals surface area contributed by atoms with Gasteiger partial charge in [0.25, 0.3) is 0 Å². The summed E-state index contributed by atoms with van der Waals surface area (Å²) >= 11 is 0. The number of hydrogen-bond donors (Lipinski definition) is 1. The van der Waals surface area contributed by atoms with Gasteiger partial charge in [0, 0.05) is 6.07 Å². The molecule has 46 valence electrons. The zero-order chi connectivity index (χ0) is 6.41. The predicted molar refractivity (Wildman–Crippen MR) is 31.7 cm³/mol. The quantitative estimate of drug-likeness (QED) is 0.559. The molecule has 0 amide bonds. The van der Waals surface area contributed by atoms with Crippen molar-refractivity contribution in [2.45, 2.75) is 13.8 Å². The smallest absolute Gasteiger partial charge is 0.153 e. The first kappa shape index (κ1) is 7.08. The first-order valence-corrected chi connectivity index (χ1v) is 2.61. The Bertz CT molecular complexity index is 110. The molecule has 1 aromatic rings. The van der Waals surface area contributed by atoms with E-state index < -0.39 is 0 Å². The van der Waals surface area contributed by atoms with Gasteiger partial charge in [-0.25, -0.2) is 0 Å². The third kappa shape index (κ3) is 2.29. The van der Waals surface area contributed by atoms with Crippen molar-refractivity contribution in [3.63, 3.8) is 0 Å². The van der Waals surface area contributed by atoms with Crippen LogP contribution in [0, 0.1) is 0 Å². The van der Waals surface area contributed by atoms with Gasteiger partial charge in [-0.2, -0.15) is 0 Å². The van der Waals surface area contributed by atoms with Gasteiger partial charge in [0.1, 0.15) is 6.26 Å².